The fourth-order valence-electron chi connectivity index (χ4n) is 2.66. The summed E-state index contributed by atoms with van der Waals surface area (Å²) < 4.78 is 5.25. The van der Waals surface area contributed by atoms with Crippen molar-refractivity contribution in [2.75, 3.05) is 26.8 Å². The molecule has 1 fully saturated rings. The molecule has 20 heavy (non-hydrogen) atoms. The van der Waals surface area contributed by atoms with Crippen LogP contribution in [0.1, 0.15) is 23.3 Å². The average molecular weight is 295 g/mol. The number of aliphatic carboxylic acids is 1. The van der Waals surface area contributed by atoms with Crippen molar-refractivity contribution in [1.82, 2.24) is 4.90 Å². The number of piperidine rings is 1. The Morgan fingerprint density at radius 2 is 2.50 bits per heavy atom. The topological polar surface area (TPSA) is 49.8 Å². The molecule has 1 N–H and O–H groups in total. The van der Waals surface area contributed by atoms with Crippen LogP contribution in [0.5, 0.6) is 0 Å². The number of likely N-dealkylation sites (tertiary alicyclic amines) is 1. The van der Waals surface area contributed by atoms with Crippen LogP contribution in [-0.4, -0.2) is 42.8 Å². The zero-order chi connectivity index (χ0) is 14.4. The van der Waals surface area contributed by atoms with Crippen LogP contribution in [0.2, 0.25) is 0 Å². The molecule has 1 aromatic heterocycles. The standard InChI is InChI=1S/C15H21NO3S/c1-19-11-12-3-2-7-16(9-12)10-14-13(6-8-20-14)4-5-15(17)18/h4-6,8,12H,2-3,7,9-11H2,1H3,(H,17,18)/b5-4+. The van der Waals surface area contributed by atoms with E-state index in [1.54, 1.807) is 24.5 Å². The molecule has 5 heteroatoms. The predicted molar refractivity (Wildman–Crippen MR) is 80.9 cm³/mol. The highest BCUT2D eigenvalue weighted by Gasteiger charge is 2.20. The monoisotopic (exact) mass is 295 g/mol. The van der Waals surface area contributed by atoms with Gasteiger partial charge in [-0.15, -0.1) is 11.3 Å². The molecule has 0 aromatic carbocycles. The zero-order valence-corrected chi connectivity index (χ0v) is 12.6. The van der Waals surface area contributed by atoms with Crippen molar-refractivity contribution in [1.29, 1.82) is 0 Å². The number of nitrogens with zero attached hydrogens (tertiary/aromatic N) is 1. The summed E-state index contributed by atoms with van der Waals surface area (Å²) in [5.74, 6) is -0.285. The third-order valence-corrected chi connectivity index (χ3v) is 4.48. The Kier molecular flexibility index (Phi) is 5.76. The largest absolute Gasteiger partial charge is 0.478 e. The van der Waals surface area contributed by atoms with Crippen LogP contribution in [-0.2, 0) is 16.1 Å². The molecule has 0 bridgehead atoms. The summed E-state index contributed by atoms with van der Waals surface area (Å²) in [6.07, 6.45) is 5.33. The fourth-order valence-corrected chi connectivity index (χ4v) is 3.57. The Bertz CT molecular complexity index is 467. The molecule has 1 atom stereocenters. The van der Waals surface area contributed by atoms with Gasteiger partial charge in [0.1, 0.15) is 0 Å². The van der Waals surface area contributed by atoms with Gasteiger partial charge >= 0.3 is 5.97 Å². The average Bonchev–Trinajstić information content (AvgIpc) is 2.84. The van der Waals surface area contributed by atoms with Gasteiger partial charge in [-0.05, 0) is 48.4 Å². The maximum atomic E-state index is 10.6. The molecule has 1 aromatic rings. The number of ether oxygens (including phenoxy) is 1. The van der Waals surface area contributed by atoms with Crippen molar-refractivity contribution in [2.45, 2.75) is 19.4 Å². The minimum atomic E-state index is -0.903. The van der Waals surface area contributed by atoms with E-state index in [9.17, 15) is 4.79 Å². The summed E-state index contributed by atoms with van der Waals surface area (Å²) in [5, 5.41) is 10.7. The Morgan fingerprint density at radius 1 is 1.65 bits per heavy atom. The van der Waals surface area contributed by atoms with Crippen molar-refractivity contribution in [3.63, 3.8) is 0 Å². The van der Waals surface area contributed by atoms with Crippen molar-refractivity contribution in [3.05, 3.63) is 28.0 Å². The number of thiophene rings is 1. The van der Waals surface area contributed by atoms with Gasteiger partial charge in [-0.1, -0.05) is 0 Å². The third-order valence-electron chi connectivity index (χ3n) is 3.56. The molecule has 0 amide bonds. The highest BCUT2D eigenvalue weighted by atomic mass is 32.1. The van der Waals surface area contributed by atoms with E-state index in [-0.39, 0.29) is 0 Å². The van der Waals surface area contributed by atoms with E-state index in [1.165, 1.54) is 23.8 Å². The number of hydrogen-bond donors (Lipinski definition) is 1. The summed E-state index contributed by atoms with van der Waals surface area (Å²) in [5.41, 5.74) is 1.02. The first-order chi connectivity index (χ1) is 9.69. The second-order valence-electron chi connectivity index (χ2n) is 5.17. The lowest BCUT2D eigenvalue weighted by molar-refractivity contribution is -0.131. The Balaban J connectivity index is 1.96. The van der Waals surface area contributed by atoms with E-state index >= 15 is 0 Å². The van der Waals surface area contributed by atoms with Crippen LogP contribution in [0.15, 0.2) is 17.5 Å². The zero-order valence-electron chi connectivity index (χ0n) is 11.7. The molecule has 0 saturated carbocycles. The van der Waals surface area contributed by atoms with Gasteiger partial charge in [-0.2, -0.15) is 0 Å². The minimum Gasteiger partial charge on any atom is -0.478 e. The molecular formula is C15H21NO3S. The van der Waals surface area contributed by atoms with Gasteiger partial charge in [0, 0.05) is 31.2 Å². The maximum absolute atomic E-state index is 10.6. The van der Waals surface area contributed by atoms with Gasteiger partial charge in [-0.25, -0.2) is 4.79 Å². The second kappa shape index (κ2) is 7.57. The van der Waals surface area contributed by atoms with Gasteiger partial charge < -0.3 is 9.84 Å². The van der Waals surface area contributed by atoms with E-state index in [2.05, 4.69) is 4.90 Å². The van der Waals surface area contributed by atoms with E-state index in [4.69, 9.17) is 9.84 Å². The highest BCUT2D eigenvalue weighted by Crippen LogP contribution is 2.24. The molecule has 0 radical (unpaired) electrons. The van der Waals surface area contributed by atoms with Crippen molar-refractivity contribution in [2.24, 2.45) is 5.92 Å². The lowest BCUT2D eigenvalue weighted by Crippen LogP contribution is -2.36. The molecule has 1 saturated heterocycles. The van der Waals surface area contributed by atoms with E-state index in [1.807, 2.05) is 11.4 Å². The van der Waals surface area contributed by atoms with Gasteiger partial charge in [-0.3, -0.25) is 4.90 Å². The lowest BCUT2D eigenvalue weighted by atomic mass is 9.99. The highest BCUT2D eigenvalue weighted by molar-refractivity contribution is 7.10. The van der Waals surface area contributed by atoms with Gasteiger partial charge in [0.15, 0.2) is 0 Å². The number of methoxy groups -OCH3 is 1. The third kappa shape index (κ3) is 4.44. The Hall–Kier alpha value is -1.17. The molecule has 1 aliphatic rings. The van der Waals surface area contributed by atoms with Crippen LogP contribution >= 0.6 is 11.3 Å². The van der Waals surface area contributed by atoms with Crippen LogP contribution in [0.3, 0.4) is 0 Å². The quantitative estimate of drug-likeness (QED) is 0.820. The molecular weight excluding hydrogens is 274 g/mol. The summed E-state index contributed by atoms with van der Waals surface area (Å²) in [7, 11) is 1.76. The SMILES string of the molecule is COCC1CCCN(Cc2sccc2/C=C/C(=O)O)C1. The smallest absolute Gasteiger partial charge is 0.328 e. The lowest BCUT2D eigenvalue weighted by Gasteiger charge is -2.32. The predicted octanol–water partition coefficient (Wildman–Crippen LogP) is 2.70. The molecule has 1 aliphatic heterocycles. The molecule has 2 heterocycles. The molecule has 110 valence electrons. The first-order valence-corrected chi connectivity index (χ1v) is 7.75. The number of carboxylic acids is 1. The minimum absolute atomic E-state index is 0.617. The summed E-state index contributed by atoms with van der Waals surface area (Å²) in [4.78, 5) is 14.3. The van der Waals surface area contributed by atoms with E-state index in [0.29, 0.717) is 5.92 Å². The van der Waals surface area contributed by atoms with E-state index < -0.39 is 5.97 Å². The van der Waals surface area contributed by atoms with Gasteiger partial charge in [0.05, 0.1) is 6.61 Å². The number of carboxylic acid groups (broad SMARTS) is 1. The van der Waals surface area contributed by atoms with Crippen LogP contribution in [0, 0.1) is 5.92 Å². The maximum Gasteiger partial charge on any atom is 0.328 e. The molecule has 4 nitrogen and oxygen atoms in total. The molecule has 0 aliphatic carbocycles. The van der Waals surface area contributed by atoms with Crippen LogP contribution in [0.4, 0.5) is 0 Å². The summed E-state index contributed by atoms with van der Waals surface area (Å²) in [6.45, 7) is 3.90. The number of rotatable bonds is 6. The van der Waals surface area contributed by atoms with Crippen molar-refractivity contribution in [3.8, 4) is 0 Å². The fraction of sp³-hybridized carbons (Fsp3) is 0.533. The number of hydrogen-bond acceptors (Lipinski definition) is 4. The van der Waals surface area contributed by atoms with Crippen molar-refractivity contribution >= 4 is 23.4 Å². The molecule has 1 unspecified atom stereocenters. The van der Waals surface area contributed by atoms with Crippen LogP contribution in [0.25, 0.3) is 6.08 Å². The molecule has 0 spiro atoms. The van der Waals surface area contributed by atoms with Crippen LogP contribution < -0.4 is 0 Å². The van der Waals surface area contributed by atoms with Crippen molar-refractivity contribution < 1.29 is 14.6 Å². The molecule has 2 rings (SSSR count). The normalized spacial score (nSPS) is 20.6. The van der Waals surface area contributed by atoms with Gasteiger partial charge in [0.2, 0.25) is 0 Å². The number of carbonyl (C=O) groups is 1. The second-order valence-corrected chi connectivity index (χ2v) is 6.17. The Labute approximate surface area is 123 Å². The summed E-state index contributed by atoms with van der Waals surface area (Å²) >= 11 is 1.69. The Morgan fingerprint density at radius 3 is 3.25 bits per heavy atom. The first-order valence-electron chi connectivity index (χ1n) is 6.87. The van der Waals surface area contributed by atoms with Gasteiger partial charge in [0.25, 0.3) is 0 Å². The van der Waals surface area contributed by atoms with E-state index in [0.717, 1.165) is 31.8 Å². The first kappa shape index (κ1) is 15.2. The summed E-state index contributed by atoms with van der Waals surface area (Å²) in [6, 6.07) is 1.98.